The van der Waals surface area contributed by atoms with E-state index < -0.39 is 0 Å². The first-order valence-corrected chi connectivity index (χ1v) is 5.49. The molecule has 1 N–H and O–H groups in total. The number of terminal acetylenes is 1. The van der Waals surface area contributed by atoms with Gasteiger partial charge in [-0.25, -0.2) is 0 Å². The summed E-state index contributed by atoms with van der Waals surface area (Å²) in [7, 11) is 0. The Labute approximate surface area is 89.1 Å². The Morgan fingerprint density at radius 2 is 1.79 bits per heavy atom. The van der Waals surface area contributed by atoms with Crippen molar-refractivity contribution in [3.05, 3.63) is 0 Å². The van der Waals surface area contributed by atoms with Crippen LogP contribution in [0.15, 0.2) is 0 Å². The molecule has 0 saturated heterocycles. The van der Waals surface area contributed by atoms with Crippen LogP contribution >= 0.6 is 0 Å². The van der Waals surface area contributed by atoms with Gasteiger partial charge in [0, 0.05) is 5.54 Å². The molecule has 0 rings (SSSR count). The van der Waals surface area contributed by atoms with Crippen molar-refractivity contribution in [2.24, 2.45) is 0 Å². The highest BCUT2D eigenvalue weighted by Gasteiger charge is 2.31. The van der Waals surface area contributed by atoms with Crippen LogP contribution in [-0.2, 0) is 0 Å². The van der Waals surface area contributed by atoms with Gasteiger partial charge in [-0.05, 0) is 33.5 Å². The van der Waals surface area contributed by atoms with Crippen LogP contribution in [0.2, 0.25) is 0 Å². The van der Waals surface area contributed by atoms with E-state index in [1.165, 1.54) is 0 Å². The first kappa shape index (κ1) is 13.5. The molecule has 0 saturated carbocycles. The molecule has 0 aromatic heterocycles. The minimum atomic E-state index is 0.0221. The van der Waals surface area contributed by atoms with E-state index in [9.17, 15) is 0 Å². The summed E-state index contributed by atoms with van der Waals surface area (Å²) < 4.78 is 0. The molecule has 14 heavy (non-hydrogen) atoms. The van der Waals surface area contributed by atoms with Crippen LogP contribution in [0.3, 0.4) is 0 Å². The fraction of sp³-hybridized carbons (Fsp3) is 0.833. The van der Waals surface area contributed by atoms with Crippen molar-refractivity contribution in [1.29, 1.82) is 0 Å². The Morgan fingerprint density at radius 1 is 1.29 bits per heavy atom. The molecule has 0 aromatic carbocycles. The maximum Gasteiger partial charge on any atom is 0.0867 e. The zero-order valence-electron chi connectivity index (χ0n) is 10.2. The van der Waals surface area contributed by atoms with E-state index in [1.807, 2.05) is 0 Å². The maximum absolute atomic E-state index is 5.55. The monoisotopic (exact) mass is 196 g/mol. The molecule has 0 aliphatic heterocycles. The molecule has 0 aliphatic rings. The molecule has 2 nitrogen and oxygen atoms in total. The SMILES string of the molecule is C#CC(NCC)C(C)(C)N(CC)CC. The molecular formula is C12H24N2. The molecule has 2 heteroatoms. The summed E-state index contributed by atoms with van der Waals surface area (Å²) in [4.78, 5) is 2.39. The number of nitrogens with one attached hydrogen (secondary N) is 1. The van der Waals surface area contributed by atoms with E-state index in [2.05, 4.69) is 50.8 Å². The third-order valence-electron chi connectivity index (χ3n) is 2.86. The topological polar surface area (TPSA) is 15.3 Å². The smallest absolute Gasteiger partial charge is 0.0867 e. The highest BCUT2D eigenvalue weighted by molar-refractivity contribution is 5.10. The summed E-state index contributed by atoms with van der Waals surface area (Å²) in [5.74, 6) is 2.84. The molecule has 0 amide bonds. The lowest BCUT2D eigenvalue weighted by Gasteiger charge is -2.41. The van der Waals surface area contributed by atoms with Gasteiger partial charge in [0.2, 0.25) is 0 Å². The van der Waals surface area contributed by atoms with Crippen molar-refractivity contribution in [2.75, 3.05) is 19.6 Å². The van der Waals surface area contributed by atoms with E-state index in [0.29, 0.717) is 0 Å². The number of hydrogen-bond donors (Lipinski definition) is 1. The second-order valence-electron chi connectivity index (χ2n) is 3.98. The largest absolute Gasteiger partial charge is 0.302 e. The molecule has 0 aliphatic carbocycles. The first-order chi connectivity index (χ1) is 6.54. The van der Waals surface area contributed by atoms with E-state index >= 15 is 0 Å². The Hall–Kier alpha value is -0.520. The third kappa shape index (κ3) is 3.01. The Kier molecular flexibility index (Phi) is 5.83. The van der Waals surface area contributed by atoms with Crippen molar-refractivity contribution in [3.8, 4) is 12.3 Å². The fourth-order valence-corrected chi connectivity index (χ4v) is 1.94. The van der Waals surface area contributed by atoms with Crippen LogP contribution in [0.5, 0.6) is 0 Å². The van der Waals surface area contributed by atoms with Gasteiger partial charge in [-0.2, -0.15) is 0 Å². The summed E-state index contributed by atoms with van der Waals surface area (Å²) >= 11 is 0. The van der Waals surface area contributed by atoms with Gasteiger partial charge in [0.05, 0.1) is 6.04 Å². The Morgan fingerprint density at radius 3 is 2.07 bits per heavy atom. The van der Waals surface area contributed by atoms with Crippen molar-refractivity contribution >= 4 is 0 Å². The molecule has 0 bridgehead atoms. The second-order valence-corrected chi connectivity index (χ2v) is 3.98. The lowest BCUT2D eigenvalue weighted by Crippen LogP contribution is -2.57. The standard InChI is InChI=1S/C12H24N2/c1-7-11(13-8-2)12(5,6)14(9-3)10-4/h1,11,13H,8-10H2,2-6H3. The molecule has 0 fully saturated rings. The third-order valence-corrected chi connectivity index (χ3v) is 2.86. The van der Waals surface area contributed by atoms with E-state index in [-0.39, 0.29) is 11.6 Å². The zero-order valence-corrected chi connectivity index (χ0v) is 10.2. The maximum atomic E-state index is 5.55. The van der Waals surface area contributed by atoms with Gasteiger partial charge in [0.25, 0.3) is 0 Å². The number of nitrogens with zero attached hydrogens (tertiary/aromatic N) is 1. The van der Waals surface area contributed by atoms with Gasteiger partial charge in [-0.15, -0.1) is 6.42 Å². The molecule has 0 spiro atoms. The van der Waals surface area contributed by atoms with Crippen LogP contribution in [0, 0.1) is 12.3 Å². The molecule has 1 unspecified atom stereocenters. The normalized spacial score (nSPS) is 14.1. The van der Waals surface area contributed by atoms with Crippen LogP contribution in [0.4, 0.5) is 0 Å². The molecule has 82 valence electrons. The number of likely N-dealkylation sites (N-methyl/N-ethyl adjacent to an activating group) is 2. The number of rotatable bonds is 6. The van der Waals surface area contributed by atoms with E-state index in [0.717, 1.165) is 19.6 Å². The van der Waals surface area contributed by atoms with E-state index in [1.54, 1.807) is 0 Å². The molecule has 0 radical (unpaired) electrons. The minimum absolute atomic E-state index is 0.0221. The van der Waals surface area contributed by atoms with E-state index in [4.69, 9.17) is 6.42 Å². The molecule has 1 atom stereocenters. The zero-order chi connectivity index (χ0) is 11.2. The summed E-state index contributed by atoms with van der Waals surface area (Å²) in [6.07, 6.45) is 5.55. The minimum Gasteiger partial charge on any atom is -0.302 e. The van der Waals surface area contributed by atoms with Crippen molar-refractivity contribution in [3.63, 3.8) is 0 Å². The highest BCUT2D eigenvalue weighted by atomic mass is 15.2. The second kappa shape index (κ2) is 6.06. The van der Waals surface area contributed by atoms with Gasteiger partial charge in [-0.3, -0.25) is 4.90 Å². The predicted molar refractivity (Wildman–Crippen MR) is 63.3 cm³/mol. The van der Waals surface area contributed by atoms with Crippen molar-refractivity contribution in [2.45, 2.75) is 46.2 Å². The van der Waals surface area contributed by atoms with Gasteiger partial charge >= 0.3 is 0 Å². The Bertz CT molecular complexity index is 187. The highest BCUT2D eigenvalue weighted by Crippen LogP contribution is 2.18. The molecule has 0 heterocycles. The van der Waals surface area contributed by atoms with Crippen LogP contribution < -0.4 is 5.32 Å². The fourth-order valence-electron chi connectivity index (χ4n) is 1.94. The summed E-state index contributed by atoms with van der Waals surface area (Å²) in [6.45, 7) is 13.8. The summed E-state index contributed by atoms with van der Waals surface area (Å²) in [5.41, 5.74) is 0.0221. The average molecular weight is 196 g/mol. The van der Waals surface area contributed by atoms with Crippen molar-refractivity contribution in [1.82, 2.24) is 10.2 Å². The quantitative estimate of drug-likeness (QED) is 0.651. The van der Waals surface area contributed by atoms with Gasteiger partial charge in [-0.1, -0.05) is 26.7 Å². The van der Waals surface area contributed by atoms with Crippen LogP contribution in [0.1, 0.15) is 34.6 Å². The first-order valence-electron chi connectivity index (χ1n) is 5.49. The Balaban J connectivity index is 4.62. The average Bonchev–Trinajstić information content (AvgIpc) is 2.15. The summed E-state index contributed by atoms with van der Waals surface area (Å²) in [6, 6.07) is 0.118. The lowest BCUT2D eigenvalue weighted by atomic mass is 9.92. The summed E-state index contributed by atoms with van der Waals surface area (Å²) in [5, 5.41) is 3.34. The van der Waals surface area contributed by atoms with Crippen LogP contribution in [0.25, 0.3) is 0 Å². The van der Waals surface area contributed by atoms with Gasteiger partial charge in [0.15, 0.2) is 0 Å². The van der Waals surface area contributed by atoms with Gasteiger partial charge in [0.1, 0.15) is 0 Å². The number of hydrogen-bond acceptors (Lipinski definition) is 2. The van der Waals surface area contributed by atoms with Crippen LogP contribution in [-0.4, -0.2) is 36.1 Å². The van der Waals surface area contributed by atoms with Gasteiger partial charge < -0.3 is 5.32 Å². The lowest BCUT2D eigenvalue weighted by molar-refractivity contribution is 0.112. The predicted octanol–water partition coefficient (Wildman–Crippen LogP) is 1.72. The van der Waals surface area contributed by atoms with Crippen molar-refractivity contribution < 1.29 is 0 Å². The molecule has 0 aromatic rings. The molecular weight excluding hydrogens is 172 g/mol.